The van der Waals surface area contributed by atoms with Crippen LogP contribution >= 0.6 is 12.4 Å². The van der Waals surface area contributed by atoms with Crippen LogP contribution in [0.2, 0.25) is 0 Å². The third kappa shape index (κ3) is 5.09. The molecular weight excluding hydrogens is 338 g/mol. The molecule has 0 spiro atoms. The Morgan fingerprint density at radius 1 is 1.26 bits per heavy atom. The molecule has 8 heteroatoms. The van der Waals surface area contributed by atoms with E-state index in [0.29, 0.717) is 30.4 Å². The van der Waals surface area contributed by atoms with Crippen molar-refractivity contribution >= 4 is 34.0 Å². The van der Waals surface area contributed by atoms with Gasteiger partial charge in [-0.3, -0.25) is 9.52 Å². The van der Waals surface area contributed by atoms with Crippen LogP contribution in [0.25, 0.3) is 0 Å². The number of likely N-dealkylation sites (tertiary alicyclic amines) is 1. The van der Waals surface area contributed by atoms with Crippen LogP contribution in [0.1, 0.15) is 30.1 Å². The van der Waals surface area contributed by atoms with Crippen LogP contribution in [0.4, 0.5) is 5.69 Å². The second-order valence-electron chi connectivity index (χ2n) is 5.41. The average Bonchev–Trinajstić information content (AvgIpc) is 2.54. The minimum absolute atomic E-state index is 0. The Balaban J connectivity index is 0.00000264. The van der Waals surface area contributed by atoms with Gasteiger partial charge in [0.2, 0.25) is 10.0 Å². The molecule has 0 aliphatic carbocycles. The first-order valence-electron chi connectivity index (χ1n) is 7.53. The van der Waals surface area contributed by atoms with Gasteiger partial charge >= 0.3 is 0 Å². The Morgan fingerprint density at radius 3 is 2.43 bits per heavy atom. The molecule has 2 rings (SSSR count). The molecule has 6 nitrogen and oxygen atoms in total. The maximum absolute atomic E-state index is 12.7. The summed E-state index contributed by atoms with van der Waals surface area (Å²) in [6, 6.07) is 7.20. The number of benzene rings is 1. The highest BCUT2D eigenvalue weighted by molar-refractivity contribution is 7.92. The molecular formula is C15H24ClN3O3S. The molecule has 130 valence electrons. The van der Waals surface area contributed by atoms with Crippen LogP contribution in [0.3, 0.4) is 0 Å². The smallest absolute Gasteiger partial charge is 0.255 e. The zero-order valence-corrected chi connectivity index (χ0v) is 15.0. The molecule has 0 saturated carbocycles. The van der Waals surface area contributed by atoms with Crippen molar-refractivity contribution in [2.45, 2.75) is 25.8 Å². The van der Waals surface area contributed by atoms with Gasteiger partial charge in [-0.15, -0.1) is 12.4 Å². The van der Waals surface area contributed by atoms with E-state index in [9.17, 15) is 13.2 Å². The van der Waals surface area contributed by atoms with E-state index >= 15 is 0 Å². The van der Waals surface area contributed by atoms with E-state index in [1.807, 2.05) is 7.05 Å². The van der Waals surface area contributed by atoms with Crippen molar-refractivity contribution in [3.05, 3.63) is 29.8 Å². The van der Waals surface area contributed by atoms with Gasteiger partial charge in [-0.25, -0.2) is 8.42 Å². The van der Waals surface area contributed by atoms with Crippen LogP contribution in [-0.4, -0.2) is 51.2 Å². The number of hydrogen-bond acceptors (Lipinski definition) is 4. The highest BCUT2D eigenvalue weighted by Gasteiger charge is 2.24. The number of amides is 1. The standard InChI is InChI=1S/C15H23N3O3S.ClH/c1-3-22(20,21)17-14-7-5-4-6-13(14)15(19)18-10-8-12(16-2)9-11-18;/h4-7,12,16-17H,3,8-11H2,1-2H3;1H. The lowest BCUT2D eigenvalue weighted by atomic mass is 10.0. The van der Waals surface area contributed by atoms with Gasteiger partial charge in [0.25, 0.3) is 5.91 Å². The molecule has 23 heavy (non-hydrogen) atoms. The predicted octanol–water partition coefficient (Wildman–Crippen LogP) is 1.69. The molecule has 0 atom stereocenters. The molecule has 1 aliphatic rings. The Kier molecular flexibility index (Phi) is 7.31. The quantitative estimate of drug-likeness (QED) is 0.836. The van der Waals surface area contributed by atoms with Gasteiger partial charge in [0.05, 0.1) is 17.0 Å². The highest BCUT2D eigenvalue weighted by Crippen LogP contribution is 2.21. The number of halogens is 1. The van der Waals surface area contributed by atoms with Gasteiger partial charge in [-0.05, 0) is 38.9 Å². The molecule has 2 N–H and O–H groups in total. The molecule has 0 aromatic heterocycles. The fourth-order valence-corrected chi connectivity index (χ4v) is 3.20. The second-order valence-corrected chi connectivity index (χ2v) is 7.42. The molecule has 1 fully saturated rings. The number of carbonyl (C=O) groups excluding carboxylic acids is 1. The molecule has 1 aromatic rings. The lowest BCUT2D eigenvalue weighted by Gasteiger charge is -2.32. The minimum Gasteiger partial charge on any atom is -0.338 e. The summed E-state index contributed by atoms with van der Waals surface area (Å²) in [6.45, 7) is 2.92. The van der Waals surface area contributed by atoms with Crippen LogP contribution in [0, 0.1) is 0 Å². The van der Waals surface area contributed by atoms with E-state index < -0.39 is 10.0 Å². The average molecular weight is 362 g/mol. The predicted molar refractivity (Wildman–Crippen MR) is 94.8 cm³/mol. The van der Waals surface area contributed by atoms with Crippen LogP contribution in [0.5, 0.6) is 0 Å². The van der Waals surface area contributed by atoms with Crippen molar-refractivity contribution in [2.75, 3.05) is 30.6 Å². The number of carbonyl (C=O) groups is 1. The Labute approximate surface area is 144 Å². The summed E-state index contributed by atoms with van der Waals surface area (Å²) >= 11 is 0. The van der Waals surface area contributed by atoms with Crippen molar-refractivity contribution in [3.63, 3.8) is 0 Å². The van der Waals surface area contributed by atoms with Crippen LogP contribution in [0.15, 0.2) is 24.3 Å². The van der Waals surface area contributed by atoms with Crippen molar-refractivity contribution in [1.29, 1.82) is 0 Å². The summed E-state index contributed by atoms with van der Waals surface area (Å²) in [4.78, 5) is 14.4. The lowest BCUT2D eigenvalue weighted by molar-refractivity contribution is 0.0708. The molecule has 1 aliphatic heterocycles. The summed E-state index contributed by atoms with van der Waals surface area (Å²) in [5.74, 6) is -0.146. The molecule has 1 saturated heterocycles. The number of anilines is 1. The van der Waals surface area contributed by atoms with E-state index in [-0.39, 0.29) is 24.1 Å². The number of sulfonamides is 1. The molecule has 1 aromatic carbocycles. The van der Waals surface area contributed by atoms with Gasteiger partial charge in [0.1, 0.15) is 0 Å². The van der Waals surface area contributed by atoms with E-state index in [2.05, 4.69) is 10.0 Å². The monoisotopic (exact) mass is 361 g/mol. The third-order valence-corrected chi connectivity index (χ3v) is 5.28. The van der Waals surface area contributed by atoms with E-state index in [4.69, 9.17) is 0 Å². The summed E-state index contributed by atoms with van der Waals surface area (Å²) in [5.41, 5.74) is 0.757. The van der Waals surface area contributed by atoms with Crippen molar-refractivity contribution in [1.82, 2.24) is 10.2 Å². The summed E-state index contributed by atoms with van der Waals surface area (Å²) in [7, 11) is -1.48. The molecule has 1 heterocycles. The number of piperidine rings is 1. The first-order valence-corrected chi connectivity index (χ1v) is 9.18. The molecule has 0 unspecified atom stereocenters. The van der Waals surface area contributed by atoms with Gasteiger partial charge in [-0.2, -0.15) is 0 Å². The highest BCUT2D eigenvalue weighted by atomic mass is 35.5. The minimum atomic E-state index is -3.40. The first-order chi connectivity index (χ1) is 10.5. The second kappa shape index (κ2) is 8.52. The maximum atomic E-state index is 12.7. The van der Waals surface area contributed by atoms with E-state index in [1.54, 1.807) is 36.1 Å². The zero-order chi connectivity index (χ0) is 16.2. The Morgan fingerprint density at radius 2 is 1.87 bits per heavy atom. The number of hydrogen-bond donors (Lipinski definition) is 2. The normalized spacial score (nSPS) is 15.8. The number of para-hydroxylation sites is 1. The first kappa shape index (κ1) is 19.7. The van der Waals surface area contributed by atoms with Crippen molar-refractivity contribution in [2.24, 2.45) is 0 Å². The number of nitrogens with zero attached hydrogens (tertiary/aromatic N) is 1. The number of nitrogens with one attached hydrogen (secondary N) is 2. The topological polar surface area (TPSA) is 78.5 Å². The van der Waals surface area contributed by atoms with Gasteiger partial charge in [0, 0.05) is 19.1 Å². The van der Waals surface area contributed by atoms with Crippen molar-refractivity contribution < 1.29 is 13.2 Å². The van der Waals surface area contributed by atoms with Crippen LogP contribution in [-0.2, 0) is 10.0 Å². The van der Waals surface area contributed by atoms with Gasteiger partial charge in [0.15, 0.2) is 0 Å². The third-order valence-electron chi connectivity index (χ3n) is 3.99. The van der Waals surface area contributed by atoms with E-state index in [1.165, 1.54) is 0 Å². The zero-order valence-electron chi connectivity index (χ0n) is 13.4. The lowest BCUT2D eigenvalue weighted by Crippen LogP contribution is -2.44. The van der Waals surface area contributed by atoms with Crippen LogP contribution < -0.4 is 10.0 Å². The van der Waals surface area contributed by atoms with Gasteiger partial charge in [-0.1, -0.05) is 12.1 Å². The largest absolute Gasteiger partial charge is 0.338 e. The Bertz CT molecular complexity index is 629. The maximum Gasteiger partial charge on any atom is 0.255 e. The molecule has 0 bridgehead atoms. The summed E-state index contributed by atoms with van der Waals surface area (Å²) < 4.78 is 26.0. The van der Waals surface area contributed by atoms with E-state index in [0.717, 1.165) is 12.8 Å². The summed E-state index contributed by atoms with van der Waals surface area (Å²) in [5, 5.41) is 3.22. The number of rotatable bonds is 5. The SMILES string of the molecule is CCS(=O)(=O)Nc1ccccc1C(=O)N1CCC(NC)CC1.Cl. The molecule has 1 amide bonds. The fourth-order valence-electron chi connectivity index (χ4n) is 2.54. The van der Waals surface area contributed by atoms with Gasteiger partial charge < -0.3 is 10.2 Å². The molecule has 0 radical (unpaired) electrons. The fraction of sp³-hybridized carbons (Fsp3) is 0.533. The summed E-state index contributed by atoms with van der Waals surface area (Å²) in [6.07, 6.45) is 1.82. The Hall–Kier alpha value is -1.31. The van der Waals surface area contributed by atoms with Crippen molar-refractivity contribution in [3.8, 4) is 0 Å².